The molecule has 0 saturated heterocycles. The molecule has 0 unspecified atom stereocenters. The minimum atomic E-state index is 0.424. The van der Waals surface area contributed by atoms with Gasteiger partial charge in [-0.15, -0.1) is 0 Å². The summed E-state index contributed by atoms with van der Waals surface area (Å²) in [6.45, 7) is 3.96. The van der Waals surface area contributed by atoms with Crippen LogP contribution >= 0.6 is 0 Å². The molecular weight excluding hydrogens is 220 g/mol. The van der Waals surface area contributed by atoms with E-state index in [0.717, 1.165) is 11.8 Å². The van der Waals surface area contributed by atoms with Crippen LogP contribution in [-0.4, -0.2) is 39.8 Å². The van der Waals surface area contributed by atoms with Crippen molar-refractivity contribution in [3.63, 3.8) is 0 Å². The maximum Gasteiger partial charge on any atom is 0.153 e. The van der Waals surface area contributed by atoms with Crippen LogP contribution in [0, 0.1) is 6.92 Å². The van der Waals surface area contributed by atoms with Gasteiger partial charge in [0.05, 0.1) is 25.4 Å². The van der Waals surface area contributed by atoms with Gasteiger partial charge in [-0.25, -0.2) is 0 Å². The molecule has 4 nitrogen and oxygen atoms in total. The average molecular weight is 238 g/mol. The molecule has 0 amide bonds. The van der Waals surface area contributed by atoms with Gasteiger partial charge in [-0.3, -0.25) is 4.79 Å². The quantitative estimate of drug-likeness (QED) is 0.512. The van der Waals surface area contributed by atoms with Crippen molar-refractivity contribution in [1.29, 1.82) is 0 Å². The number of ether oxygens (including phenoxy) is 3. The van der Waals surface area contributed by atoms with Gasteiger partial charge in [0.15, 0.2) is 6.29 Å². The molecule has 17 heavy (non-hydrogen) atoms. The van der Waals surface area contributed by atoms with Crippen molar-refractivity contribution in [1.82, 2.24) is 0 Å². The topological polar surface area (TPSA) is 44.8 Å². The van der Waals surface area contributed by atoms with Crippen LogP contribution in [0.4, 0.5) is 0 Å². The number of aryl methyl sites for hydroxylation is 1. The predicted molar refractivity (Wildman–Crippen MR) is 64.8 cm³/mol. The summed E-state index contributed by atoms with van der Waals surface area (Å²) in [5.41, 5.74) is 1.61. The van der Waals surface area contributed by atoms with Gasteiger partial charge >= 0.3 is 0 Å². The van der Waals surface area contributed by atoms with E-state index in [-0.39, 0.29) is 0 Å². The molecule has 0 N–H and O–H groups in total. The first kappa shape index (κ1) is 13.7. The Bertz CT molecular complexity index is 349. The second-order valence-corrected chi connectivity index (χ2v) is 3.61. The molecule has 0 heterocycles. The number of rotatable bonds is 8. The molecule has 1 aromatic carbocycles. The molecule has 1 aromatic rings. The SMILES string of the molecule is COCCOCCOc1ccc(C)cc1C=O. The molecule has 0 aromatic heterocycles. The maximum atomic E-state index is 10.8. The van der Waals surface area contributed by atoms with Crippen LogP contribution in [0.25, 0.3) is 0 Å². The number of aldehydes is 1. The Morgan fingerprint density at radius 2 is 1.94 bits per heavy atom. The number of carbonyl (C=O) groups excluding carboxylic acids is 1. The van der Waals surface area contributed by atoms with E-state index >= 15 is 0 Å². The summed E-state index contributed by atoms with van der Waals surface area (Å²) < 4.78 is 15.6. The molecule has 0 aliphatic carbocycles. The second-order valence-electron chi connectivity index (χ2n) is 3.61. The first-order valence-electron chi connectivity index (χ1n) is 5.53. The normalized spacial score (nSPS) is 10.2. The Balaban J connectivity index is 2.33. The van der Waals surface area contributed by atoms with Crippen molar-refractivity contribution in [2.24, 2.45) is 0 Å². The number of carbonyl (C=O) groups is 1. The largest absolute Gasteiger partial charge is 0.490 e. The van der Waals surface area contributed by atoms with E-state index in [2.05, 4.69) is 0 Å². The Morgan fingerprint density at radius 1 is 1.18 bits per heavy atom. The molecule has 0 radical (unpaired) electrons. The molecule has 0 atom stereocenters. The smallest absolute Gasteiger partial charge is 0.153 e. The molecule has 0 fully saturated rings. The van der Waals surface area contributed by atoms with Gasteiger partial charge in [-0.2, -0.15) is 0 Å². The van der Waals surface area contributed by atoms with Crippen molar-refractivity contribution in [3.8, 4) is 5.75 Å². The van der Waals surface area contributed by atoms with Crippen LogP contribution < -0.4 is 4.74 Å². The fraction of sp³-hybridized carbons (Fsp3) is 0.462. The number of hydrogen-bond donors (Lipinski definition) is 0. The minimum Gasteiger partial charge on any atom is -0.490 e. The van der Waals surface area contributed by atoms with Crippen LogP contribution in [0.5, 0.6) is 5.75 Å². The third kappa shape index (κ3) is 4.97. The lowest BCUT2D eigenvalue weighted by molar-refractivity contribution is 0.0543. The zero-order valence-corrected chi connectivity index (χ0v) is 10.3. The fourth-order valence-electron chi connectivity index (χ4n) is 1.35. The summed E-state index contributed by atoms with van der Waals surface area (Å²) in [4.78, 5) is 10.8. The van der Waals surface area contributed by atoms with Crippen LogP contribution in [0.2, 0.25) is 0 Å². The van der Waals surface area contributed by atoms with Crippen molar-refractivity contribution >= 4 is 6.29 Å². The highest BCUT2D eigenvalue weighted by Crippen LogP contribution is 2.17. The monoisotopic (exact) mass is 238 g/mol. The second kappa shape index (κ2) is 7.81. The summed E-state index contributed by atoms with van der Waals surface area (Å²) in [6, 6.07) is 5.51. The van der Waals surface area contributed by atoms with E-state index < -0.39 is 0 Å². The highest BCUT2D eigenvalue weighted by atomic mass is 16.5. The average Bonchev–Trinajstić information content (AvgIpc) is 2.35. The predicted octanol–water partition coefficient (Wildman–Crippen LogP) is 1.85. The van der Waals surface area contributed by atoms with Gasteiger partial charge in [-0.1, -0.05) is 11.6 Å². The number of methoxy groups -OCH3 is 1. The van der Waals surface area contributed by atoms with Gasteiger partial charge in [0.2, 0.25) is 0 Å². The van der Waals surface area contributed by atoms with Gasteiger partial charge in [0, 0.05) is 7.11 Å². The van der Waals surface area contributed by atoms with Gasteiger partial charge < -0.3 is 14.2 Å². The van der Waals surface area contributed by atoms with Gasteiger partial charge in [0.1, 0.15) is 12.4 Å². The summed E-state index contributed by atoms with van der Waals surface area (Å²) in [7, 11) is 1.63. The lowest BCUT2D eigenvalue weighted by atomic mass is 10.1. The summed E-state index contributed by atoms with van der Waals surface area (Å²) in [5, 5.41) is 0. The highest BCUT2D eigenvalue weighted by molar-refractivity contribution is 5.79. The van der Waals surface area contributed by atoms with Crippen molar-refractivity contribution in [2.45, 2.75) is 6.92 Å². The Morgan fingerprint density at radius 3 is 2.65 bits per heavy atom. The van der Waals surface area contributed by atoms with Crippen molar-refractivity contribution < 1.29 is 19.0 Å². The summed E-state index contributed by atoms with van der Waals surface area (Å²) in [6.07, 6.45) is 0.800. The molecule has 0 aliphatic rings. The molecule has 0 bridgehead atoms. The molecule has 1 rings (SSSR count). The third-order valence-corrected chi connectivity index (χ3v) is 2.21. The maximum absolute atomic E-state index is 10.8. The molecule has 0 saturated carbocycles. The van der Waals surface area contributed by atoms with E-state index in [1.807, 2.05) is 13.0 Å². The van der Waals surface area contributed by atoms with Gasteiger partial charge in [-0.05, 0) is 19.1 Å². The Labute approximate surface area is 101 Å². The standard InChI is InChI=1S/C13H18O4/c1-11-3-4-13(12(9-11)10-14)17-8-7-16-6-5-15-2/h3-4,9-10H,5-8H2,1-2H3. The fourth-order valence-corrected chi connectivity index (χ4v) is 1.35. The van der Waals surface area contributed by atoms with E-state index in [4.69, 9.17) is 14.2 Å². The molecule has 94 valence electrons. The van der Waals surface area contributed by atoms with E-state index in [0.29, 0.717) is 37.7 Å². The lowest BCUT2D eigenvalue weighted by Gasteiger charge is -2.09. The third-order valence-electron chi connectivity index (χ3n) is 2.21. The first-order chi connectivity index (χ1) is 8.27. The van der Waals surface area contributed by atoms with Crippen LogP contribution in [0.1, 0.15) is 15.9 Å². The number of benzene rings is 1. The number of hydrogen-bond acceptors (Lipinski definition) is 4. The first-order valence-corrected chi connectivity index (χ1v) is 5.53. The lowest BCUT2D eigenvalue weighted by Crippen LogP contribution is -2.10. The van der Waals surface area contributed by atoms with Crippen LogP contribution in [0.3, 0.4) is 0 Å². The van der Waals surface area contributed by atoms with Crippen LogP contribution in [0.15, 0.2) is 18.2 Å². The molecule has 4 heteroatoms. The van der Waals surface area contributed by atoms with E-state index in [1.54, 1.807) is 19.2 Å². The minimum absolute atomic E-state index is 0.424. The molecule has 0 aliphatic heterocycles. The zero-order valence-electron chi connectivity index (χ0n) is 10.3. The Kier molecular flexibility index (Phi) is 6.29. The van der Waals surface area contributed by atoms with Crippen molar-refractivity contribution in [3.05, 3.63) is 29.3 Å². The molecular formula is C13H18O4. The summed E-state index contributed by atoms with van der Waals surface area (Å²) >= 11 is 0. The zero-order chi connectivity index (χ0) is 12.5. The van der Waals surface area contributed by atoms with Crippen molar-refractivity contribution in [2.75, 3.05) is 33.5 Å². The molecule has 0 spiro atoms. The van der Waals surface area contributed by atoms with E-state index in [9.17, 15) is 4.79 Å². The highest BCUT2D eigenvalue weighted by Gasteiger charge is 2.02. The van der Waals surface area contributed by atoms with Gasteiger partial charge in [0.25, 0.3) is 0 Å². The van der Waals surface area contributed by atoms with Crippen LogP contribution in [-0.2, 0) is 9.47 Å². The van der Waals surface area contributed by atoms with E-state index in [1.165, 1.54) is 0 Å². The Hall–Kier alpha value is -1.39. The summed E-state index contributed by atoms with van der Waals surface area (Å²) in [5.74, 6) is 0.598.